The monoisotopic (exact) mass is 254 g/mol. The van der Waals surface area contributed by atoms with Crippen LogP contribution in [-0.2, 0) is 0 Å². The molecule has 1 aromatic heterocycles. The quantitative estimate of drug-likeness (QED) is 0.753. The summed E-state index contributed by atoms with van der Waals surface area (Å²) >= 11 is 4.89. The Labute approximate surface area is 104 Å². The summed E-state index contributed by atoms with van der Waals surface area (Å²) in [4.78, 5) is 15.3. The molecule has 0 atom stereocenters. The lowest BCUT2D eigenvalue weighted by molar-refractivity contribution is 0.0696. The summed E-state index contributed by atoms with van der Waals surface area (Å²) in [7, 11) is 2.04. The molecule has 2 N–H and O–H groups in total. The maximum Gasteiger partial charge on any atom is 0.339 e. The van der Waals surface area contributed by atoms with Gasteiger partial charge in [0.05, 0.1) is 0 Å². The number of carbonyl (C=O) groups is 1. The third kappa shape index (κ3) is 2.62. The number of carboxylic acid groups (broad SMARTS) is 1. The minimum absolute atomic E-state index is 0.165. The third-order valence-electron chi connectivity index (χ3n) is 2.82. The summed E-state index contributed by atoms with van der Waals surface area (Å²) in [5.74, 6) is -0.522. The van der Waals surface area contributed by atoms with E-state index in [1.807, 2.05) is 11.9 Å². The summed E-state index contributed by atoms with van der Waals surface area (Å²) in [6, 6.07) is 1.44. The Kier molecular flexibility index (Phi) is 3.39. The molecule has 92 valence electrons. The largest absolute Gasteiger partial charge is 0.478 e. The van der Waals surface area contributed by atoms with Crippen molar-refractivity contribution in [1.29, 1.82) is 0 Å². The molecule has 0 saturated carbocycles. The van der Waals surface area contributed by atoms with Crippen LogP contribution in [0.2, 0.25) is 0 Å². The zero-order valence-electron chi connectivity index (χ0n) is 9.51. The van der Waals surface area contributed by atoms with Gasteiger partial charge in [0.15, 0.2) is 5.82 Å². The molecular weight excluding hydrogens is 240 g/mol. The lowest BCUT2D eigenvalue weighted by Gasteiger charge is -2.33. The molecule has 0 radical (unpaired) electrons. The van der Waals surface area contributed by atoms with Gasteiger partial charge in [0.2, 0.25) is 0 Å². The average molecular weight is 254 g/mol. The smallest absolute Gasteiger partial charge is 0.339 e. The van der Waals surface area contributed by atoms with Crippen molar-refractivity contribution in [3.63, 3.8) is 0 Å². The van der Waals surface area contributed by atoms with Gasteiger partial charge in [-0.2, -0.15) is 5.10 Å². The molecule has 6 nitrogen and oxygen atoms in total. The van der Waals surface area contributed by atoms with E-state index in [0.717, 1.165) is 26.2 Å². The Morgan fingerprint density at radius 3 is 2.71 bits per heavy atom. The second-order valence-corrected chi connectivity index (χ2v) is 4.50. The fraction of sp³-hybridized carbons (Fsp3) is 0.500. The van der Waals surface area contributed by atoms with Crippen LogP contribution in [0.3, 0.4) is 0 Å². The number of aromatic carboxylic acids is 1. The minimum Gasteiger partial charge on any atom is -0.478 e. The lowest BCUT2D eigenvalue weighted by Crippen LogP contribution is -2.45. The number of aromatic nitrogens is 2. The van der Waals surface area contributed by atoms with Crippen LogP contribution in [-0.4, -0.2) is 59.4 Å². The van der Waals surface area contributed by atoms with E-state index in [-0.39, 0.29) is 5.56 Å². The van der Waals surface area contributed by atoms with Gasteiger partial charge in [-0.15, -0.1) is 0 Å². The molecule has 2 heterocycles. The van der Waals surface area contributed by atoms with Crippen LogP contribution in [0.5, 0.6) is 0 Å². The summed E-state index contributed by atoms with van der Waals surface area (Å²) < 4.78 is 0.334. The van der Waals surface area contributed by atoms with E-state index in [9.17, 15) is 4.79 Å². The Hall–Kier alpha value is -1.47. The van der Waals surface area contributed by atoms with Crippen molar-refractivity contribution in [3.05, 3.63) is 16.3 Å². The lowest BCUT2D eigenvalue weighted by atomic mass is 10.2. The Bertz CT molecular complexity index is 479. The summed E-state index contributed by atoms with van der Waals surface area (Å²) in [6.07, 6.45) is 0. The number of aromatic amines is 1. The van der Waals surface area contributed by atoms with Crippen LogP contribution in [0.25, 0.3) is 0 Å². The van der Waals surface area contributed by atoms with E-state index in [1.165, 1.54) is 6.07 Å². The molecule has 17 heavy (non-hydrogen) atoms. The van der Waals surface area contributed by atoms with Crippen LogP contribution < -0.4 is 4.90 Å². The zero-order chi connectivity index (χ0) is 12.4. The van der Waals surface area contributed by atoms with Gasteiger partial charge in [0.25, 0.3) is 0 Å². The van der Waals surface area contributed by atoms with Crippen molar-refractivity contribution < 1.29 is 9.90 Å². The number of hydrogen-bond donors (Lipinski definition) is 2. The summed E-state index contributed by atoms with van der Waals surface area (Å²) in [6.45, 7) is 3.34. The summed E-state index contributed by atoms with van der Waals surface area (Å²) in [5, 5.41) is 15.8. The molecule has 0 spiro atoms. The van der Waals surface area contributed by atoms with Crippen molar-refractivity contribution in [3.8, 4) is 0 Å². The number of piperazine rings is 1. The zero-order valence-corrected chi connectivity index (χ0v) is 10.3. The molecule has 2 rings (SSSR count). The number of anilines is 1. The highest BCUT2D eigenvalue weighted by atomic mass is 32.1. The van der Waals surface area contributed by atoms with Crippen molar-refractivity contribution >= 4 is 24.0 Å². The minimum atomic E-state index is -0.994. The number of nitrogens with one attached hydrogen (secondary N) is 1. The number of likely N-dealkylation sites (N-methyl/N-ethyl adjacent to an activating group) is 1. The van der Waals surface area contributed by atoms with E-state index >= 15 is 0 Å². The third-order valence-corrected chi connectivity index (χ3v) is 3.03. The number of hydrogen-bond acceptors (Lipinski definition) is 5. The van der Waals surface area contributed by atoms with Crippen molar-refractivity contribution in [2.75, 3.05) is 38.1 Å². The van der Waals surface area contributed by atoms with Gasteiger partial charge in [0, 0.05) is 26.2 Å². The molecule has 1 aromatic rings. The molecule has 0 aromatic carbocycles. The van der Waals surface area contributed by atoms with Gasteiger partial charge in [-0.05, 0) is 13.1 Å². The van der Waals surface area contributed by atoms with Crippen LogP contribution in [0.15, 0.2) is 6.07 Å². The highest BCUT2D eigenvalue weighted by molar-refractivity contribution is 7.71. The molecule has 1 fully saturated rings. The van der Waals surface area contributed by atoms with Crippen molar-refractivity contribution in [1.82, 2.24) is 15.1 Å². The Balaban J connectivity index is 2.31. The Morgan fingerprint density at radius 1 is 1.47 bits per heavy atom. The van der Waals surface area contributed by atoms with Crippen LogP contribution in [0.4, 0.5) is 5.82 Å². The molecule has 0 aliphatic carbocycles. The van der Waals surface area contributed by atoms with Gasteiger partial charge < -0.3 is 14.9 Å². The van der Waals surface area contributed by atoms with Gasteiger partial charge in [-0.25, -0.2) is 4.79 Å². The number of carboxylic acids is 1. The normalized spacial score (nSPS) is 17.1. The first-order chi connectivity index (χ1) is 8.08. The molecule has 0 unspecified atom stereocenters. The maximum absolute atomic E-state index is 11.1. The highest BCUT2D eigenvalue weighted by Crippen LogP contribution is 2.18. The molecule has 0 bridgehead atoms. The first-order valence-electron chi connectivity index (χ1n) is 5.34. The number of rotatable bonds is 2. The second-order valence-electron chi connectivity index (χ2n) is 4.06. The molecule has 7 heteroatoms. The topological polar surface area (TPSA) is 72.5 Å². The van der Waals surface area contributed by atoms with Crippen LogP contribution in [0.1, 0.15) is 10.4 Å². The van der Waals surface area contributed by atoms with E-state index < -0.39 is 5.97 Å². The van der Waals surface area contributed by atoms with Gasteiger partial charge in [0.1, 0.15) is 10.2 Å². The molecule has 0 amide bonds. The van der Waals surface area contributed by atoms with Gasteiger partial charge in [-0.1, -0.05) is 12.2 Å². The average Bonchev–Trinajstić information content (AvgIpc) is 2.30. The van der Waals surface area contributed by atoms with Crippen molar-refractivity contribution in [2.45, 2.75) is 0 Å². The first kappa shape index (κ1) is 12.0. The van der Waals surface area contributed by atoms with E-state index in [1.54, 1.807) is 0 Å². The van der Waals surface area contributed by atoms with Crippen LogP contribution in [0, 0.1) is 4.64 Å². The second kappa shape index (κ2) is 4.80. The summed E-state index contributed by atoms with van der Waals surface area (Å²) in [5.41, 5.74) is 0.165. The molecule has 1 aliphatic rings. The van der Waals surface area contributed by atoms with Crippen molar-refractivity contribution in [2.24, 2.45) is 0 Å². The SMILES string of the molecule is CN1CCN(c2n[nH]c(=S)cc2C(=O)O)CC1. The fourth-order valence-corrected chi connectivity index (χ4v) is 1.98. The molecular formula is C10H14N4O2S. The number of nitrogens with zero attached hydrogens (tertiary/aromatic N) is 3. The molecule has 1 saturated heterocycles. The molecule has 1 aliphatic heterocycles. The van der Waals surface area contributed by atoms with Gasteiger partial charge >= 0.3 is 5.97 Å². The highest BCUT2D eigenvalue weighted by Gasteiger charge is 2.21. The van der Waals surface area contributed by atoms with Gasteiger partial charge in [-0.3, -0.25) is 5.10 Å². The number of H-pyrrole nitrogens is 1. The Morgan fingerprint density at radius 2 is 2.12 bits per heavy atom. The fourth-order valence-electron chi connectivity index (χ4n) is 1.81. The predicted octanol–water partition coefficient (Wildman–Crippen LogP) is 0.589. The standard InChI is InChI=1S/C10H14N4O2S/c1-13-2-4-14(5-3-13)9-7(10(15)16)6-8(17)11-12-9/h6H,2-5H2,1H3,(H,11,17)(H,15,16). The predicted molar refractivity (Wildman–Crippen MR) is 66.1 cm³/mol. The van der Waals surface area contributed by atoms with E-state index in [4.69, 9.17) is 17.3 Å². The first-order valence-corrected chi connectivity index (χ1v) is 5.75. The van der Waals surface area contributed by atoms with Crippen LogP contribution >= 0.6 is 12.2 Å². The maximum atomic E-state index is 11.1. The van der Waals surface area contributed by atoms with E-state index in [0.29, 0.717) is 10.5 Å². The van der Waals surface area contributed by atoms with E-state index in [2.05, 4.69) is 15.1 Å².